The Morgan fingerprint density at radius 2 is 2.00 bits per heavy atom. The summed E-state index contributed by atoms with van der Waals surface area (Å²) in [6.45, 7) is 0.835. The molecule has 5 N–H and O–H groups in total. The lowest BCUT2D eigenvalue weighted by atomic mass is 9.82. The lowest BCUT2D eigenvalue weighted by Crippen LogP contribution is -2.51. The quantitative estimate of drug-likeness (QED) is 0.467. The Morgan fingerprint density at radius 1 is 1.32 bits per heavy atom. The van der Waals surface area contributed by atoms with E-state index in [-0.39, 0.29) is 6.03 Å². The van der Waals surface area contributed by atoms with Crippen molar-refractivity contribution in [3.63, 3.8) is 0 Å². The van der Waals surface area contributed by atoms with Gasteiger partial charge in [0.2, 0.25) is 12.3 Å². The van der Waals surface area contributed by atoms with Crippen molar-refractivity contribution in [3.05, 3.63) is 29.3 Å². The minimum atomic E-state index is -2.20. The first-order valence-electron chi connectivity index (χ1n) is 7.70. The van der Waals surface area contributed by atoms with Gasteiger partial charge in [0.05, 0.1) is 5.41 Å². The molecule has 1 aliphatic carbocycles. The molecule has 2 rings (SSSR count). The van der Waals surface area contributed by atoms with Gasteiger partial charge >= 0.3 is 12.0 Å². The summed E-state index contributed by atoms with van der Waals surface area (Å²) >= 11 is 0. The summed E-state index contributed by atoms with van der Waals surface area (Å²) in [5, 5.41) is 32.7. The molecule has 1 aromatic carbocycles. The second kappa shape index (κ2) is 7.08. The lowest BCUT2D eigenvalue weighted by Gasteiger charge is -2.32. The summed E-state index contributed by atoms with van der Waals surface area (Å²) < 4.78 is 0. The minimum absolute atomic E-state index is 0.368. The van der Waals surface area contributed by atoms with Crippen molar-refractivity contribution in [2.24, 2.45) is 0 Å². The molecule has 0 bridgehead atoms. The number of carbonyl (C=O) groups excluding carboxylic acids is 2. The van der Waals surface area contributed by atoms with Crippen LogP contribution in [0.4, 0.5) is 10.5 Å². The van der Waals surface area contributed by atoms with Crippen LogP contribution in [-0.2, 0) is 21.4 Å². The molecular formula is C16H21N3O6. The number of anilines is 1. The standard InChI is InChI=1S/C16H21N3O6/c1-16(13(22)19(15(24)25)8-12(20)21)6-5-9-7-10(3-4-11(9)16)18-14(23)17-2/h3-4,7,15,24-25H,5-6,8H2,1-2H3,(H,20,21)(H2,17,18,23)/t16-/m0/s1. The maximum Gasteiger partial charge on any atom is 0.323 e. The number of benzene rings is 1. The molecule has 0 radical (unpaired) electrons. The van der Waals surface area contributed by atoms with Crippen molar-refractivity contribution in [2.75, 3.05) is 18.9 Å². The number of aryl methyl sites for hydroxylation is 1. The zero-order chi connectivity index (χ0) is 18.8. The van der Waals surface area contributed by atoms with Gasteiger partial charge in [-0.2, -0.15) is 0 Å². The second-order valence-corrected chi connectivity index (χ2v) is 6.08. The van der Waals surface area contributed by atoms with E-state index in [9.17, 15) is 24.6 Å². The van der Waals surface area contributed by atoms with Gasteiger partial charge in [-0.05, 0) is 43.0 Å². The number of fused-ring (bicyclic) bond motifs is 1. The van der Waals surface area contributed by atoms with Gasteiger partial charge in [-0.1, -0.05) is 6.07 Å². The van der Waals surface area contributed by atoms with Crippen LogP contribution < -0.4 is 10.6 Å². The van der Waals surface area contributed by atoms with Crippen LogP contribution in [0.25, 0.3) is 0 Å². The minimum Gasteiger partial charge on any atom is -0.480 e. The van der Waals surface area contributed by atoms with Gasteiger partial charge in [-0.15, -0.1) is 0 Å². The number of aliphatic carboxylic acids is 1. The molecule has 0 saturated carbocycles. The third-order valence-corrected chi connectivity index (χ3v) is 4.40. The van der Waals surface area contributed by atoms with Crippen LogP contribution in [-0.4, -0.2) is 58.1 Å². The number of carbonyl (C=O) groups is 3. The van der Waals surface area contributed by atoms with Crippen LogP contribution in [0.15, 0.2) is 18.2 Å². The maximum absolute atomic E-state index is 12.8. The summed E-state index contributed by atoms with van der Waals surface area (Å²) in [7, 11) is 1.50. The highest BCUT2D eigenvalue weighted by Gasteiger charge is 2.45. The maximum atomic E-state index is 12.8. The van der Waals surface area contributed by atoms with E-state index in [1.807, 2.05) is 0 Å². The van der Waals surface area contributed by atoms with Crippen molar-refractivity contribution < 1.29 is 29.7 Å². The third-order valence-electron chi connectivity index (χ3n) is 4.40. The van der Waals surface area contributed by atoms with Gasteiger partial charge in [0.15, 0.2) is 0 Å². The van der Waals surface area contributed by atoms with Gasteiger partial charge in [0.1, 0.15) is 6.54 Å². The van der Waals surface area contributed by atoms with Gasteiger partial charge in [0.25, 0.3) is 0 Å². The Labute approximate surface area is 144 Å². The number of aliphatic hydroxyl groups excluding tert-OH is 1. The van der Waals surface area contributed by atoms with E-state index >= 15 is 0 Å². The van der Waals surface area contributed by atoms with Gasteiger partial charge < -0.3 is 26.0 Å². The Kier molecular flexibility index (Phi) is 5.29. The molecule has 0 aromatic heterocycles. The number of nitrogens with zero attached hydrogens (tertiary/aromatic N) is 1. The molecule has 0 fully saturated rings. The first-order valence-corrected chi connectivity index (χ1v) is 7.70. The monoisotopic (exact) mass is 351 g/mol. The Bertz CT molecular complexity index is 705. The van der Waals surface area contributed by atoms with Crippen LogP contribution in [0.5, 0.6) is 0 Å². The number of carboxylic acids is 1. The molecule has 1 aromatic rings. The number of hydrogen-bond donors (Lipinski definition) is 5. The molecule has 9 heteroatoms. The molecule has 0 unspecified atom stereocenters. The predicted molar refractivity (Wildman–Crippen MR) is 87.8 cm³/mol. The summed E-state index contributed by atoms with van der Waals surface area (Å²) in [5.41, 5.74) is 1.02. The number of rotatable bonds is 5. The molecule has 0 saturated heterocycles. The normalized spacial score (nSPS) is 18.6. The van der Waals surface area contributed by atoms with Crippen molar-refractivity contribution in [1.82, 2.24) is 10.2 Å². The van der Waals surface area contributed by atoms with Crippen molar-refractivity contribution in [1.29, 1.82) is 0 Å². The summed E-state index contributed by atoms with van der Waals surface area (Å²) in [6.07, 6.45) is -1.25. The van der Waals surface area contributed by atoms with Crippen LogP contribution >= 0.6 is 0 Å². The summed E-state index contributed by atoms with van der Waals surface area (Å²) in [5.74, 6) is -2.01. The Balaban J connectivity index is 2.31. The molecule has 1 aliphatic rings. The first kappa shape index (κ1) is 18.7. The predicted octanol–water partition coefficient (Wildman–Crippen LogP) is -0.177. The highest BCUT2D eigenvalue weighted by Crippen LogP contribution is 2.41. The molecule has 25 heavy (non-hydrogen) atoms. The van der Waals surface area contributed by atoms with E-state index in [2.05, 4.69) is 10.6 Å². The highest BCUT2D eigenvalue weighted by atomic mass is 16.5. The van der Waals surface area contributed by atoms with Crippen molar-refractivity contribution in [2.45, 2.75) is 31.6 Å². The fraction of sp³-hybridized carbons (Fsp3) is 0.438. The average molecular weight is 351 g/mol. The molecular weight excluding hydrogens is 330 g/mol. The average Bonchev–Trinajstić information content (AvgIpc) is 2.89. The Morgan fingerprint density at radius 3 is 2.56 bits per heavy atom. The summed E-state index contributed by atoms with van der Waals surface area (Å²) in [4.78, 5) is 35.6. The molecule has 0 heterocycles. The fourth-order valence-corrected chi connectivity index (χ4v) is 3.07. The number of nitrogens with one attached hydrogen (secondary N) is 2. The zero-order valence-corrected chi connectivity index (χ0v) is 13.9. The lowest BCUT2D eigenvalue weighted by molar-refractivity contribution is -0.186. The van der Waals surface area contributed by atoms with Gasteiger partial charge in [0, 0.05) is 12.7 Å². The first-order chi connectivity index (χ1) is 11.7. The summed E-state index contributed by atoms with van der Waals surface area (Å²) in [6, 6.07) is 4.71. The molecule has 3 amide bonds. The SMILES string of the molecule is CNC(=O)Nc1ccc2c(c1)CC[C@]2(C)C(=O)N(CC(=O)O)C(O)O. The number of aliphatic hydroxyl groups is 2. The topological polar surface area (TPSA) is 139 Å². The number of carboxylic acid groups (broad SMARTS) is 1. The van der Waals surface area contributed by atoms with Crippen LogP contribution in [0.3, 0.4) is 0 Å². The fourth-order valence-electron chi connectivity index (χ4n) is 3.07. The Hall–Kier alpha value is -2.65. The van der Waals surface area contributed by atoms with Gasteiger partial charge in [-0.25, -0.2) is 4.79 Å². The number of hydrogen-bond acceptors (Lipinski definition) is 5. The zero-order valence-electron chi connectivity index (χ0n) is 13.9. The number of urea groups is 1. The molecule has 9 nitrogen and oxygen atoms in total. The number of amides is 3. The smallest absolute Gasteiger partial charge is 0.323 e. The van der Waals surface area contributed by atoms with Gasteiger partial charge in [-0.3, -0.25) is 14.5 Å². The third kappa shape index (κ3) is 3.72. The van der Waals surface area contributed by atoms with E-state index in [0.29, 0.717) is 29.0 Å². The molecule has 1 atom stereocenters. The van der Waals surface area contributed by atoms with Crippen LogP contribution in [0, 0.1) is 0 Å². The van der Waals surface area contributed by atoms with Crippen LogP contribution in [0.2, 0.25) is 0 Å². The van der Waals surface area contributed by atoms with Crippen molar-refractivity contribution in [3.8, 4) is 0 Å². The molecule has 0 aliphatic heterocycles. The van der Waals surface area contributed by atoms with Crippen LogP contribution in [0.1, 0.15) is 24.5 Å². The second-order valence-electron chi connectivity index (χ2n) is 6.08. The highest BCUT2D eigenvalue weighted by molar-refractivity contribution is 5.92. The van der Waals surface area contributed by atoms with E-state index < -0.39 is 30.3 Å². The van der Waals surface area contributed by atoms with E-state index in [4.69, 9.17) is 5.11 Å². The van der Waals surface area contributed by atoms with Crippen molar-refractivity contribution >= 4 is 23.6 Å². The van der Waals surface area contributed by atoms with E-state index in [0.717, 1.165) is 5.56 Å². The van der Waals surface area contributed by atoms with E-state index in [1.165, 1.54) is 7.05 Å². The molecule has 136 valence electrons. The largest absolute Gasteiger partial charge is 0.480 e. The van der Waals surface area contributed by atoms with E-state index in [1.54, 1.807) is 25.1 Å². The molecule has 0 spiro atoms.